The summed E-state index contributed by atoms with van der Waals surface area (Å²) in [6.07, 6.45) is 4.10. The molecule has 0 N–H and O–H groups in total. The maximum Gasteiger partial charge on any atom is 0.126 e. The number of thiophene rings is 1. The minimum absolute atomic E-state index is 0.705. The number of fused-ring (bicyclic) bond motifs is 1. The molecule has 1 aliphatic rings. The molecule has 0 saturated carbocycles. The van der Waals surface area contributed by atoms with E-state index in [1.54, 1.807) is 11.3 Å². The summed E-state index contributed by atoms with van der Waals surface area (Å²) < 4.78 is 5.34. The van der Waals surface area contributed by atoms with Crippen LogP contribution >= 0.6 is 11.3 Å². The lowest BCUT2D eigenvalue weighted by molar-refractivity contribution is 0.358. The summed E-state index contributed by atoms with van der Waals surface area (Å²) in [5.74, 6) is 0.991. The molecule has 0 saturated heterocycles. The van der Waals surface area contributed by atoms with Crippen LogP contribution in [0.4, 0.5) is 0 Å². The van der Waals surface area contributed by atoms with Crippen LogP contribution in [0.15, 0.2) is 53.2 Å². The van der Waals surface area contributed by atoms with Gasteiger partial charge in [-0.3, -0.25) is 0 Å². The summed E-state index contributed by atoms with van der Waals surface area (Å²) in [6, 6.07) is 12.1. The van der Waals surface area contributed by atoms with Gasteiger partial charge in [-0.1, -0.05) is 36.4 Å². The first kappa shape index (κ1) is 9.99. The fraction of sp³-hybridized carbons (Fsp3) is 0.0769. The maximum atomic E-state index is 5.34. The molecule has 0 aliphatic carbocycles. The van der Waals surface area contributed by atoms with Gasteiger partial charge in [0.2, 0.25) is 0 Å². The second-order valence-corrected chi connectivity index (χ2v) is 3.86. The van der Waals surface area contributed by atoms with E-state index in [1.165, 1.54) is 5.56 Å². The Hall–Kier alpha value is -1.54. The highest BCUT2D eigenvalue weighted by Gasteiger charge is 2.01. The topological polar surface area (TPSA) is 9.23 Å². The van der Waals surface area contributed by atoms with Crippen LogP contribution in [0, 0.1) is 0 Å². The molecule has 76 valence electrons. The smallest absolute Gasteiger partial charge is 0.126 e. The van der Waals surface area contributed by atoms with E-state index in [0.717, 1.165) is 5.75 Å². The Morgan fingerprint density at radius 3 is 2.47 bits per heavy atom. The first-order valence-corrected chi connectivity index (χ1v) is 5.76. The third-order valence-electron chi connectivity index (χ3n) is 1.98. The fourth-order valence-electron chi connectivity index (χ4n) is 1.29. The Morgan fingerprint density at radius 2 is 1.80 bits per heavy atom. The minimum Gasteiger partial charge on any atom is -0.489 e. The van der Waals surface area contributed by atoms with E-state index < -0.39 is 0 Å². The standard InChI is InChI=1S/C9H8O.C4H4S/c1-2-6-9-8(4-1)5-3-7-10-9;1-2-4-5-3-1/h1-6H,7H2;1-4H. The van der Waals surface area contributed by atoms with E-state index in [9.17, 15) is 0 Å². The van der Waals surface area contributed by atoms with Crippen molar-refractivity contribution >= 4 is 17.4 Å². The number of benzene rings is 1. The second kappa shape index (κ2) is 5.37. The van der Waals surface area contributed by atoms with Gasteiger partial charge in [0.15, 0.2) is 0 Å². The normalized spacial score (nSPS) is 12.0. The molecule has 1 aromatic heterocycles. The molecule has 2 heteroatoms. The summed E-state index contributed by atoms with van der Waals surface area (Å²) >= 11 is 1.71. The zero-order valence-corrected chi connectivity index (χ0v) is 9.11. The van der Waals surface area contributed by atoms with Crippen LogP contribution in [0.5, 0.6) is 5.75 Å². The van der Waals surface area contributed by atoms with Crippen LogP contribution in [0.2, 0.25) is 0 Å². The van der Waals surface area contributed by atoms with Gasteiger partial charge in [0.25, 0.3) is 0 Å². The van der Waals surface area contributed by atoms with Gasteiger partial charge in [-0.2, -0.15) is 11.3 Å². The van der Waals surface area contributed by atoms with E-state index in [4.69, 9.17) is 4.74 Å². The zero-order chi connectivity index (χ0) is 10.3. The van der Waals surface area contributed by atoms with Gasteiger partial charge >= 0.3 is 0 Å². The molecule has 0 amide bonds. The van der Waals surface area contributed by atoms with E-state index in [1.807, 2.05) is 53.2 Å². The van der Waals surface area contributed by atoms with Crippen molar-refractivity contribution in [3.05, 3.63) is 58.8 Å². The van der Waals surface area contributed by atoms with Crippen molar-refractivity contribution in [2.24, 2.45) is 0 Å². The minimum atomic E-state index is 0.705. The van der Waals surface area contributed by atoms with Crippen LogP contribution < -0.4 is 4.74 Å². The average Bonchev–Trinajstić information content (AvgIpc) is 2.88. The van der Waals surface area contributed by atoms with E-state index in [2.05, 4.69) is 6.08 Å². The third-order valence-corrected chi connectivity index (χ3v) is 2.61. The lowest BCUT2D eigenvalue weighted by Crippen LogP contribution is -1.98. The van der Waals surface area contributed by atoms with Crippen molar-refractivity contribution in [1.29, 1.82) is 0 Å². The molecule has 0 spiro atoms. The van der Waals surface area contributed by atoms with E-state index in [0.29, 0.717) is 6.61 Å². The Kier molecular flexibility index (Phi) is 3.58. The van der Waals surface area contributed by atoms with Crippen LogP contribution in [-0.4, -0.2) is 6.61 Å². The molecular formula is C13H12OS. The zero-order valence-electron chi connectivity index (χ0n) is 8.30. The van der Waals surface area contributed by atoms with E-state index in [-0.39, 0.29) is 0 Å². The first-order chi connectivity index (χ1) is 7.47. The maximum absolute atomic E-state index is 5.34. The molecule has 0 bridgehead atoms. The molecule has 15 heavy (non-hydrogen) atoms. The number of hydrogen-bond donors (Lipinski definition) is 0. The summed E-state index contributed by atoms with van der Waals surface area (Å²) in [5, 5.41) is 4.08. The number of hydrogen-bond acceptors (Lipinski definition) is 2. The van der Waals surface area contributed by atoms with Gasteiger partial charge in [0.05, 0.1) is 0 Å². The number of ether oxygens (including phenoxy) is 1. The monoisotopic (exact) mass is 216 g/mol. The predicted molar refractivity (Wildman–Crippen MR) is 65.3 cm³/mol. The second-order valence-electron chi connectivity index (χ2n) is 3.04. The van der Waals surface area contributed by atoms with Gasteiger partial charge in [-0.05, 0) is 22.9 Å². The highest BCUT2D eigenvalue weighted by Crippen LogP contribution is 2.21. The molecule has 3 rings (SSSR count). The van der Waals surface area contributed by atoms with Gasteiger partial charge < -0.3 is 4.74 Å². The molecule has 2 heterocycles. The Morgan fingerprint density at radius 1 is 1.00 bits per heavy atom. The first-order valence-electron chi connectivity index (χ1n) is 4.82. The molecule has 1 nitrogen and oxygen atoms in total. The molecule has 0 unspecified atom stereocenters. The van der Waals surface area contributed by atoms with Gasteiger partial charge in [0.1, 0.15) is 12.4 Å². The molecule has 0 atom stereocenters. The van der Waals surface area contributed by atoms with Gasteiger partial charge in [-0.15, -0.1) is 0 Å². The lowest BCUT2D eigenvalue weighted by Gasteiger charge is -2.10. The van der Waals surface area contributed by atoms with Crippen molar-refractivity contribution < 1.29 is 4.74 Å². The highest BCUT2D eigenvalue weighted by molar-refractivity contribution is 7.07. The highest BCUT2D eigenvalue weighted by atomic mass is 32.1. The number of para-hydroxylation sites is 1. The van der Waals surface area contributed by atoms with E-state index >= 15 is 0 Å². The van der Waals surface area contributed by atoms with Gasteiger partial charge in [-0.25, -0.2) is 0 Å². The van der Waals surface area contributed by atoms with Crippen LogP contribution in [0.1, 0.15) is 5.56 Å². The summed E-state index contributed by atoms with van der Waals surface area (Å²) in [4.78, 5) is 0. The average molecular weight is 216 g/mol. The Balaban J connectivity index is 0.000000144. The van der Waals surface area contributed by atoms with Crippen molar-refractivity contribution in [3.8, 4) is 5.75 Å². The molecule has 1 aliphatic heterocycles. The van der Waals surface area contributed by atoms with Crippen LogP contribution in [0.25, 0.3) is 6.08 Å². The molecule has 0 radical (unpaired) electrons. The lowest BCUT2D eigenvalue weighted by atomic mass is 10.1. The van der Waals surface area contributed by atoms with Crippen molar-refractivity contribution in [2.45, 2.75) is 0 Å². The Labute approximate surface area is 93.6 Å². The van der Waals surface area contributed by atoms with Crippen LogP contribution in [-0.2, 0) is 0 Å². The fourth-order valence-corrected chi connectivity index (χ4v) is 1.74. The Bertz CT molecular complexity index is 401. The summed E-state index contributed by atoms with van der Waals surface area (Å²) in [7, 11) is 0. The van der Waals surface area contributed by atoms with Crippen molar-refractivity contribution in [1.82, 2.24) is 0 Å². The van der Waals surface area contributed by atoms with Gasteiger partial charge in [0, 0.05) is 5.56 Å². The van der Waals surface area contributed by atoms with Crippen LogP contribution in [0.3, 0.4) is 0 Å². The van der Waals surface area contributed by atoms with Crippen molar-refractivity contribution in [2.75, 3.05) is 6.61 Å². The predicted octanol–water partition coefficient (Wildman–Crippen LogP) is 3.84. The molecule has 1 aromatic carbocycles. The molecule has 0 fully saturated rings. The molecular weight excluding hydrogens is 204 g/mol. The molecule has 2 aromatic rings. The summed E-state index contributed by atoms with van der Waals surface area (Å²) in [5.41, 5.74) is 1.17. The quantitative estimate of drug-likeness (QED) is 0.650. The van der Waals surface area contributed by atoms with Crippen molar-refractivity contribution in [3.63, 3.8) is 0 Å². The third kappa shape index (κ3) is 2.96. The summed E-state index contributed by atoms with van der Waals surface area (Å²) in [6.45, 7) is 0.705. The number of rotatable bonds is 0. The SMILES string of the molecule is C1=Cc2ccccc2OC1.c1ccsc1. The largest absolute Gasteiger partial charge is 0.489 e.